The van der Waals surface area contributed by atoms with E-state index >= 15 is 0 Å². The summed E-state index contributed by atoms with van der Waals surface area (Å²) in [6.45, 7) is 3.29. The van der Waals surface area contributed by atoms with Crippen molar-refractivity contribution in [1.82, 2.24) is 19.6 Å². The largest absolute Gasteiger partial charge is 0.495 e. The summed E-state index contributed by atoms with van der Waals surface area (Å²) in [5.41, 5.74) is 8.55. The van der Waals surface area contributed by atoms with E-state index < -0.39 is 10.0 Å². The maximum Gasteiger partial charge on any atom is 0.234 e. The number of primary amides is 1. The van der Waals surface area contributed by atoms with Crippen molar-refractivity contribution < 1.29 is 17.9 Å². The monoisotopic (exact) mass is 565 g/mol. The minimum atomic E-state index is -3.35. The Morgan fingerprint density at radius 2 is 1.84 bits per heavy atom. The molecule has 1 aliphatic carbocycles. The van der Waals surface area contributed by atoms with Crippen molar-refractivity contribution in [2.75, 3.05) is 37.1 Å². The SMILES string of the molecule is COc1cc2c(cc1Nc1ncc(Cl)c(N[C@@H]3CCCC[C@H]3NS(C)(=O)=O)n1)CCN(C(C)C(N)=O)CC2. The van der Waals surface area contributed by atoms with Gasteiger partial charge in [0.1, 0.15) is 10.8 Å². The molecule has 38 heavy (non-hydrogen) atoms. The predicted octanol–water partition coefficient (Wildman–Crippen LogP) is 2.43. The fraction of sp³-hybridized carbons (Fsp3) is 0.560. The number of methoxy groups -OCH3 is 1. The second kappa shape index (κ2) is 12.0. The average Bonchev–Trinajstić information content (AvgIpc) is 3.07. The molecule has 1 aromatic heterocycles. The van der Waals surface area contributed by atoms with Crippen molar-refractivity contribution in [2.45, 2.75) is 63.6 Å². The smallest absolute Gasteiger partial charge is 0.234 e. The molecule has 0 saturated heterocycles. The van der Waals surface area contributed by atoms with E-state index in [0.29, 0.717) is 28.2 Å². The second-order valence-corrected chi connectivity index (χ2v) is 12.2. The zero-order valence-electron chi connectivity index (χ0n) is 22.0. The summed E-state index contributed by atoms with van der Waals surface area (Å²) in [5.74, 6) is 1.09. The summed E-state index contributed by atoms with van der Waals surface area (Å²) in [6, 6.07) is 3.32. The summed E-state index contributed by atoms with van der Waals surface area (Å²) in [4.78, 5) is 22.7. The molecule has 208 valence electrons. The Kier molecular flexibility index (Phi) is 8.96. The number of anilines is 3. The number of rotatable bonds is 9. The molecule has 4 rings (SSSR count). The first-order valence-corrected chi connectivity index (χ1v) is 15.1. The minimum Gasteiger partial charge on any atom is -0.495 e. The van der Waals surface area contributed by atoms with E-state index in [4.69, 9.17) is 22.1 Å². The first kappa shape index (κ1) is 28.3. The molecule has 2 aromatic rings. The lowest BCUT2D eigenvalue weighted by atomic mass is 9.91. The number of hydrogen-bond donors (Lipinski definition) is 4. The Morgan fingerprint density at radius 3 is 2.47 bits per heavy atom. The molecule has 0 spiro atoms. The Morgan fingerprint density at radius 1 is 1.18 bits per heavy atom. The maximum atomic E-state index is 11.9. The van der Waals surface area contributed by atoms with Gasteiger partial charge in [-0.1, -0.05) is 24.4 Å². The van der Waals surface area contributed by atoms with Gasteiger partial charge in [-0.15, -0.1) is 0 Å². The standard InChI is InChI=1S/C25H36ClN7O4S/c1-15(23(27)34)33-10-8-16-12-21(22(37-2)13-17(16)9-11-33)30-25-28-14-18(26)24(31-25)29-19-6-4-5-7-20(19)32-38(3,35)36/h12-15,19-20,32H,4-11H2,1-3H3,(H2,27,34)(H2,28,29,30,31)/t15?,19-,20-/m1/s1. The number of benzene rings is 1. The van der Waals surface area contributed by atoms with Gasteiger partial charge in [0.25, 0.3) is 0 Å². The molecule has 3 atom stereocenters. The maximum absolute atomic E-state index is 11.9. The van der Waals surface area contributed by atoms with Gasteiger partial charge in [-0.25, -0.2) is 18.1 Å². The molecule has 0 bridgehead atoms. The van der Waals surface area contributed by atoms with Gasteiger partial charge < -0.3 is 21.1 Å². The fourth-order valence-electron chi connectivity index (χ4n) is 5.15. The quantitative estimate of drug-likeness (QED) is 0.359. The number of carbonyl (C=O) groups is 1. The Hall–Kier alpha value is -2.67. The van der Waals surface area contributed by atoms with Crippen LogP contribution in [0.25, 0.3) is 0 Å². The van der Waals surface area contributed by atoms with Crippen LogP contribution in [0.1, 0.15) is 43.7 Å². The van der Waals surface area contributed by atoms with Gasteiger partial charge in [-0.2, -0.15) is 4.98 Å². The first-order valence-electron chi connectivity index (χ1n) is 12.8. The van der Waals surface area contributed by atoms with Crippen molar-refractivity contribution in [3.63, 3.8) is 0 Å². The van der Waals surface area contributed by atoms with E-state index in [1.165, 1.54) is 12.5 Å². The van der Waals surface area contributed by atoms with E-state index in [1.54, 1.807) is 7.11 Å². The summed E-state index contributed by atoms with van der Waals surface area (Å²) < 4.78 is 32.1. The number of amides is 1. The molecule has 1 saturated carbocycles. The van der Waals surface area contributed by atoms with Crippen LogP contribution in [0.3, 0.4) is 0 Å². The topological polar surface area (TPSA) is 152 Å². The summed E-state index contributed by atoms with van der Waals surface area (Å²) >= 11 is 6.42. The lowest BCUT2D eigenvalue weighted by Crippen LogP contribution is -2.48. The third-order valence-corrected chi connectivity index (χ3v) is 8.27. The molecule has 13 heteroatoms. The number of fused-ring (bicyclic) bond motifs is 1. The number of carbonyl (C=O) groups excluding carboxylic acids is 1. The Bertz CT molecular complexity index is 1280. The highest BCUT2D eigenvalue weighted by molar-refractivity contribution is 7.88. The molecule has 1 fully saturated rings. The van der Waals surface area contributed by atoms with Crippen molar-refractivity contribution >= 4 is 45.0 Å². The highest BCUT2D eigenvalue weighted by Crippen LogP contribution is 2.33. The van der Waals surface area contributed by atoms with Gasteiger partial charge in [0.2, 0.25) is 21.9 Å². The van der Waals surface area contributed by atoms with Crippen molar-refractivity contribution in [2.24, 2.45) is 5.73 Å². The molecule has 2 aliphatic rings. The molecular formula is C25H36ClN7O4S. The fourth-order valence-corrected chi connectivity index (χ4v) is 6.13. The molecule has 1 aliphatic heterocycles. The number of nitrogens with zero attached hydrogens (tertiary/aromatic N) is 3. The summed E-state index contributed by atoms with van der Waals surface area (Å²) in [5, 5.41) is 6.93. The van der Waals surface area contributed by atoms with Crippen molar-refractivity contribution in [3.05, 3.63) is 34.5 Å². The van der Waals surface area contributed by atoms with Crippen LogP contribution >= 0.6 is 11.6 Å². The van der Waals surface area contributed by atoms with Gasteiger partial charge in [-0.05, 0) is 55.9 Å². The number of aromatic nitrogens is 2. The average molecular weight is 566 g/mol. The van der Waals surface area contributed by atoms with Crippen LogP contribution in [-0.2, 0) is 27.7 Å². The summed E-state index contributed by atoms with van der Waals surface area (Å²) in [6.07, 6.45) is 7.68. The number of halogens is 1. The van der Waals surface area contributed by atoms with Crippen LogP contribution in [-0.4, -0.2) is 73.8 Å². The van der Waals surface area contributed by atoms with E-state index in [1.807, 2.05) is 19.1 Å². The Balaban J connectivity index is 1.53. The molecule has 1 aromatic carbocycles. The van der Waals surface area contributed by atoms with Crippen LogP contribution in [0.4, 0.5) is 17.5 Å². The van der Waals surface area contributed by atoms with Crippen LogP contribution in [0, 0.1) is 0 Å². The number of ether oxygens (including phenoxy) is 1. The van der Waals surface area contributed by atoms with Gasteiger partial charge in [0.15, 0.2) is 5.82 Å². The highest BCUT2D eigenvalue weighted by Gasteiger charge is 2.28. The normalized spacial score (nSPS) is 21.2. The van der Waals surface area contributed by atoms with Crippen LogP contribution in [0.2, 0.25) is 5.02 Å². The Labute approximate surface area is 228 Å². The lowest BCUT2D eigenvalue weighted by Gasteiger charge is -2.32. The van der Waals surface area contributed by atoms with E-state index in [0.717, 1.165) is 62.7 Å². The van der Waals surface area contributed by atoms with Crippen molar-refractivity contribution in [1.29, 1.82) is 0 Å². The molecule has 11 nitrogen and oxygen atoms in total. The summed E-state index contributed by atoms with van der Waals surface area (Å²) in [7, 11) is -1.74. The van der Waals surface area contributed by atoms with Crippen LogP contribution < -0.4 is 25.8 Å². The third-order valence-electron chi connectivity index (χ3n) is 7.26. The predicted molar refractivity (Wildman–Crippen MR) is 149 cm³/mol. The molecule has 1 unspecified atom stereocenters. The zero-order chi connectivity index (χ0) is 27.4. The molecular weight excluding hydrogens is 530 g/mol. The van der Waals surface area contributed by atoms with Crippen LogP contribution in [0.5, 0.6) is 5.75 Å². The molecule has 5 N–H and O–H groups in total. The van der Waals surface area contributed by atoms with E-state index in [2.05, 4.69) is 30.2 Å². The molecule has 0 radical (unpaired) electrons. The van der Waals surface area contributed by atoms with Gasteiger partial charge in [0, 0.05) is 25.2 Å². The van der Waals surface area contributed by atoms with E-state index in [-0.39, 0.29) is 24.0 Å². The zero-order valence-corrected chi connectivity index (χ0v) is 23.5. The van der Waals surface area contributed by atoms with Crippen LogP contribution in [0.15, 0.2) is 18.3 Å². The van der Waals surface area contributed by atoms with Gasteiger partial charge >= 0.3 is 0 Å². The highest BCUT2D eigenvalue weighted by atomic mass is 35.5. The number of nitrogens with one attached hydrogen (secondary N) is 3. The second-order valence-electron chi connectivity index (χ2n) is 9.98. The van der Waals surface area contributed by atoms with Crippen molar-refractivity contribution in [3.8, 4) is 5.75 Å². The van der Waals surface area contributed by atoms with E-state index in [9.17, 15) is 13.2 Å². The number of sulfonamides is 1. The minimum absolute atomic E-state index is 0.147. The number of hydrogen-bond acceptors (Lipinski definition) is 9. The third kappa shape index (κ3) is 7.04. The number of nitrogens with two attached hydrogens (primary N) is 1. The molecule has 2 heterocycles. The lowest BCUT2D eigenvalue weighted by molar-refractivity contribution is -0.122. The first-order chi connectivity index (χ1) is 18.0. The van der Waals surface area contributed by atoms with Gasteiger partial charge in [-0.3, -0.25) is 9.69 Å². The van der Waals surface area contributed by atoms with Gasteiger partial charge in [0.05, 0.1) is 31.3 Å². The molecule has 1 amide bonds.